The third kappa shape index (κ3) is 5.44. The van der Waals surface area contributed by atoms with Crippen LogP contribution in [0.2, 0.25) is 0 Å². The van der Waals surface area contributed by atoms with Crippen molar-refractivity contribution in [3.8, 4) is 11.5 Å². The third-order valence-corrected chi connectivity index (χ3v) is 4.01. The third-order valence-electron chi connectivity index (χ3n) is 4.01. The summed E-state index contributed by atoms with van der Waals surface area (Å²) in [7, 11) is 0. The highest BCUT2D eigenvalue weighted by Crippen LogP contribution is 2.39. The number of aromatic hydroxyl groups is 2. The maximum atomic E-state index is 10.0. The largest absolute Gasteiger partial charge is 0.508 e. The van der Waals surface area contributed by atoms with Gasteiger partial charge in [0.2, 0.25) is 0 Å². The summed E-state index contributed by atoms with van der Waals surface area (Å²) < 4.78 is 0. The molecular formula is C18H30O2. The van der Waals surface area contributed by atoms with E-state index in [1.165, 1.54) is 38.5 Å². The van der Waals surface area contributed by atoms with Crippen molar-refractivity contribution in [3.63, 3.8) is 0 Å². The molecular weight excluding hydrogens is 248 g/mol. The van der Waals surface area contributed by atoms with Crippen LogP contribution in [0.15, 0.2) is 18.2 Å². The monoisotopic (exact) mass is 278 g/mol. The predicted molar refractivity (Wildman–Crippen MR) is 85.4 cm³/mol. The Kier molecular flexibility index (Phi) is 8.17. The molecule has 1 atom stereocenters. The van der Waals surface area contributed by atoms with Crippen molar-refractivity contribution in [3.05, 3.63) is 23.8 Å². The Balaban J connectivity index is 2.52. The molecule has 114 valence electrons. The zero-order valence-electron chi connectivity index (χ0n) is 13.1. The van der Waals surface area contributed by atoms with Crippen molar-refractivity contribution in [1.82, 2.24) is 0 Å². The summed E-state index contributed by atoms with van der Waals surface area (Å²) in [5.74, 6) is 0.774. The number of hydrogen-bond acceptors (Lipinski definition) is 2. The Morgan fingerprint density at radius 2 is 1.40 bits per heavy atom. The molecule has 1 rings (SSSR count). The Morgan fingerprint density at radius 3 is 2.00 bits per heavy atom. The predicted octanol–water partition coefficient (Wildman–Crippen LogP) is 5.73. The molecule has 0 aliphatic rings. The summed E-state index contributed by atoms with van der Waals surface area (Å²) in [6.45, 7) is 4.39. The van der Waals surface area contributed by atoms with Gasteiger partial charge >= 0.3 is 0 Å². The summed E-state index contributed by atoms with van der Waals surface area (Å²) in [5, 5.41) is 20.0. The van der Waals surface area contributed by atoms with Crippen LogP contribution in [-0.2, 0) is 0 Å². The van der Waals surface area contributed by atoms with Gasteiger partial charge in [0.1, 0.15) is 11.5 Å². The minimum Gasteiger partial charge on any atom is -0.508 e. The Bertz CT molecular complexity index is 353. The molecule has 0 radical (unpaired) electrons. The van der Waals surface area contributed by atoms with Gasteiger partial charge in [0.15, 0.2) is 0 Å². The maximum absolute atomic E-state index is 10.0. The summed E-state index contributed by atoms with van der Waals surface area (Å²) >= 11 is 0. The van der Waals surface area contributed by atoms with E-state index in [2.05, 4.69) is 13.8 Å². The number of hydrogen-bond donors (Lipinski definition) is 2. The van der Waals surface area contributed by atoms with Crippen LogP contribution >= 0.6 is 0 Å². The SMILES string of the molecule is CCCCCCCCC(CCC)c1c(O)cccc1O. The maximum Gasteiger partial charge on any atom is 0.122 e. The zero-order valence-corrected chi connectivity index (χ0v) is 13.1. The van der Waals surface area contributed by atoms with Crippen LogP contribution < -0.4 is 0 Å². The van der Waals surface area contributed by atoms with Crippen LogP contribution in [0.4, 0.5) is 0 Å². The number of rotatable bonds is 10. The lowest BCUT2D eigenvalue weighted by molar-refractivity contribution is 0.412. The Morgan fingerprint density at radius 1 is 0.800 bits per heavy atom. The second-order valence-electron chi connectivity index (χ2n) is 5.75. The molecule has 2 N–H and O–H groups in total. The van der Waals surface area contributed by atoms with Crippen LogP contribution in [0, 0.1) is 0 Å². The van der Waals surface area contributed by atoms with E-state index in [1.54, 1.807) is 18.2 Å². The van der Waals surface area contributed by atoms with Crippen molar-refractivity contribution in [2.24, 2.45) is 0 Å². The number of phenols is 2. The molecule has 2 heteroatoms. The molecule has 0 aromatic heterocycles. The first-order valence-electron chi connectivity index (χ1n) is 8.21. The lowest BCUT2D eigenvalue weighted by Crippen LogP contribution is -2.00. The zero-order chi connectivity index (χ0) is 14.8. The lowest BCUT2D eigenvalue weighted by atomic mass is 9.88. The van der Waals surface area contributed by atoms with E-state index in [-0.39, 0.29) is 17.4 Å². The van der Waals surface area contributed by atoms with Gasteiger partial charge in [-0.25, -0.2) is 0 Å². The molecule has 0 fully saturated rings. The molecule has 0 amide bonds. The van der Waals surface area contributed by atoms with E-state index < -0.39 is 0 Å². The van der Waals surface area contributed by atoms with Gasteiger partial charge in [-0.15, -0.1) is 0 Å². The van der Waals surface area contributed by atoms with Crippen LogP contribution in [0.1, 0.15) is 83.1 Å². The summed E-state index contributed by atoms with van der Waals surface area (Å²) in [4.78, 5) is 0. The van der Waals surface area contributed by atoms with E-state index in [0.717, 1.165) is 24.8 Å². The van der Waals surface area contributed by atoms with Crippen molar-refractivity contribution in [2.75, 3.05) is 0 Å². The standard InChI is InChI=1S/C18H30O2/c1-3-5-6-7-8-9-12-15(11-4-2)18-16(19)13-10-14-17(18)20/h10,13-15,19-20H,3-9,11-12H2,1-2H3. The molecule has 0 bridgehead atoms. The van der Waals surface area contributed by atoms with Crippen molar-refractivity contribution in [2.45, 2.75) is 77.6 Å². The highest BCUT2D eigenvalue weighted by atomic mass is 16.3. The normalized spacial score (nSPS) is 12.5. The first-order chi connectivity index (χ1) is 9.70. The molecule has 0 aliphatic carbocycles. The molecule has 1 unspecified atom stereocenters. The van der Waals surface area contributed by atoms with E-state index in [1.807, 2.05) is 0 Å². The van der Waals surface area contributed by atoms with Gasteiger partial charge in [0.05, 0.1) is 0 Å². The summed E-state index contributed by atoms with van der Waals surface area (Å²) in [6, 6.07) is 5.06. The average molecular weight is 278 g/mol. The van der Waals surface area contributed by atoms with Gasteiger partial charge in [0, 0.05) is 5.56 Å². The van der Waals surface area contributed by atoms with Crippen molar-refractivity contribution >= 4 is 0 Å². The van der Waals surface area contributed by atoms with E-state index in [4.69, 9.17) is 0 Å². The van der Waals surface area contributed by atoms with Gasteiger partial charge in [-0.2, -0.15) is 0 Å². The fraction of sp³-hybridized carbons (Fsp3) is 0.667. The lowest BCUT2D eigenvalue weighted by Gasteiger charge is -2.19. The highest BCUT2D eigenvalue weighted by molar-refractivity contribution is 5.45. The topological polar surface area (TPSA) is 40.5 Å². The van der Waals surface area contributed by atoms with Crippen LogP contribution in [0.5, 0.6) is 11.5 Å². The summed E-state index contributed by atoms with van der Waals surface area (Å²) in [6.07, 6.45) is 10.9. The smallest absolute Gasteiger partial charge is 0.122 e. The molecule has 1 aromatic rings. The van der Waals surface area contributed by atoms with Crippen molar-refractivity contribution in [1.29, 1.82) is 0 Å². The molecule has 0 spiro atoms. The van der Waals surface area contributed by atoms with Crippen LogP contribution in [-0.4, -0.2) is 10.2 Å². The number of unbranched alkanes of at least 4 members (excludes halogenated alkanes) is 5. The quantitative estimate of drug-likeness (QED) is 0.536. The second-order valence-corrected chi connectivity index (χ2v) is 5.75. The fourth-order valence-electron chi connectivity index (χ4n) is 2.91. The molecule has 2 nitrogen and oxygen atoms in total. The van der Waals surface area contributed by atoms with Crippen LogP contribution in [0.25, 0.3) is 0 Å². The fourth-order valence-corrected chi connectivity index (χ4v) is 2.91. The van der Waals surface area contributed by atoms with Crippen LogP contribution in [0.3, 0.4) is 0 Å². The highest BCUT2D eigenvalue weighted by Gasteiger charge is 2.18. The van der Waals surface area contributed by atoms with E-state index >= 15 is 0 Å². The minimum absolute atomic E-state index is 0.245. The van der Waals surface area contributed by atoms with Crippen molar-refractivity contribution < 1.29 is 10.2 Å². The number of phenolic OH excluding ortho intramolecular Hbond substituents is 2. The van der Waals surface area contributed by atoms with Gasteiger partial charge in [0.25, 0.3) is 0 Å². The van der Waals surface area contributed by atoms with E-state index in [0.29, 0.717) is 0 Å². The molecule has 0 heterocycles. The minimum atomic E-state index is 0.245. The molecule has 20 heavy (non-hydrogen) atoms. The molecule has 0 saturated heterocycles. The van der Waals surface area contributed by atoms with Gasteiger partial charge in [-0.3, -0.25) is 0 Å². The van der Waals surface area contributed by atoms with Gasteiger partial charge in [-0.1, -0.05) is 64.9 Å². The van der Waals surface area contributed by atoms with E-state index in [9.17, 15) is 10.2 Å². The first-order valence-corrected chi connectivity index (χ1v) is 8.21. The average Bonchev–Trinajstić information content (AvgIpc) is 2.42. The molecule has 0 aliphatic heterocycles. The van der Waals surface area contributed by atoms with Gasteiger partial charge < -0.3 is 10.2 Å². The summed E-state index contributed by atoms with van der Waals surface area (Å²) in [5.41, 5.74) is 0.753. The Labute approximate surface area is 123 Å². The Hall–Kier alpha value is -1.18. The molecule has 0 saturated carbocycles. The second kappa shape index (κ2) is 9.68. The first kappa shape index (κ1) is 16.9. The number of benzene rings is 1. The molecule has 1 aromatic carbocycles. The van der Waals surface area contributed by atoms with Gasteiger partial charge in [-0.05, 0) is 30.9 Å².